The highest BCUT2D eigenvalue weighted by Gasteiger charge is 2.09. The Morgan fingerprint density at radius 1 is 1.32 bits per heavy atom. The first-order valence-corrected chi connectivity index (χ1v) is 7.05. The summed E-state index contributed by atoms with van der Waals surface area (Å²) in [6.07, 6.45) is 0.840. The normalized spacial score (nSPS) is 10.5. The fourth-order valence-corrected chi connectivity index (χ4v) is 2.56. The van der Waals surface area contributed by atoms with Gasteiger partial charge in [-0.2, -0.15) is 0 Å². The summed E-state index contributed by atoms with van der Waals surface area (Å²) in [6.45, 7) is 4.73. The third-order valence-corrected chi connectivity index (χ3v) is 3.75. The topological polar surface area (TPSA) is 44.9 Å². The number of hydrogen-bond donors (Lipinski definition) is 2. The van der Waals surface area contributed by atoms with Crippen molar-refractivity contribution in [3.05, 3.63) is 57.3 Å². The minimum atomic E-state index is -0.0441. The van der Waals surface area contributed by atoms with Crippen molar-refractivity contribution >= 4 is 21.8 Å². The summed E-state index contributed by atoms with van der Waals surface area (Å²) in [7, 11) is 0. The van der Waals surface area contributed by atoms with E-state index < -0.39 is 0 Å². The Hall–Kier alpha value is -1.55. The van der Waals surface area contributed by atoms with Crippen LogP contribution in [0.25, 0.3) is 0 Å². The average Bonchev–Trinajstić information content (AvgIpc) is 2.68. The highest BCUT2D eigenvalue weighted by molar-refractivity contribution is 9.10. The minimum absolute atomic E-state index is 0.0441. The monoisotopic (exact) mass is 320 g/mol. The third kappa shape index (κ3) is 3.47. The van der Waals surface area contributed by atoms with Crippen LogP contribution in [0.5, 0.6) is 0 Å². The number of amides is 1. The smallest absolute Gasteiger partial charge is 0.252 e. The number of carbonyl (C=O) groups excluding carboxylic acids is 1. The van der Waals surface area contributed by atoms with E-state index >= 15 is 0 Å². The van der Waals surface area contributed by atoms with Crippen LogP contribution in [0.4, 0.5) is 0 Å². The van der Waals surface area contributed by atoms with Gasteiger partial charge >= 0.3 is 0 Å². The fourth-order valence-electron chi connectivity index (χ4n) is 2.09. The summed E-state index contributed by atoms with van der Waals surface area (Å²) in [5, 5.41) is 2.94. The Morgan fingerprint density at radius 2 is 2.05 bits per heavy atom. The van der Waals surface area contributed by atoms with E-state index in [1.54, 1.807) is 0 Å². The second-order valence-corrected chi connectivity index (χ2v) is 5.44. The summed E-state index contributed by atoms with van der Waals surface area (Å²) in [6, 6.07) is 9.56. The van der Waals surface area contributed by atoms with Crippen LogP contribution in [0.1, 0.15) is 27.3 Å². The summed E-state index contributed by atoms with van der Waals surface area (Å²) in [5.74, 6) is -0.0441. The molecule has 0 radical (unpaired) electrons. The molecule has 1 aromatic heterocycles. The minimum Gasteiger partial charge on any atom is -0.362 e. The Bertz CT molecular complexity index is 590. The van der Waals surface area contributed by atoms with Crippen molar-refractivity contribution in [1.29, 1.82) is 0 Å². The number of aryl methyl sites for hydroxylation is 2. The molecule has 19 heavy (non-hydrogen) atoms. The number of hydrogen-bond acceptors (Lipinski definition) is 1. The zero-order valence-corrected chi connectivity index (χ0v) is 12.7. The van der Waals surface area contributed by atoms with E-state index in [-0.39, 0.29) is 5.91 Å². The van der Waals surface area contributed by atoms with Crippen molar-refractivity contribution in [2.24, 2.45) is 0 Å². The van der Waals surface area contributed by atoms with E-state index in [1.165, 1.54) is 11.3 Å². The number of aromatic nitrogens is 1. The van der Waals surface area contributed by atoms with Gasteiger partial charge in [0.05, 0.1) is 5.56 Å². The SMILES string of the molecule is Cc1cc(CCNC(=O)c2ccccc2Br)c(C)[nH]1. The molecule has 0 unspecified atom stereocenters. The fraction of sp³-hybridized carbons (Fsp3) is 0.267. The molecule has 2 aromatic rings. The highest BCUT2D eigenvalue weighted by atomic mass is 79.9. The highest BCUT2D eigenvalue weighted by Crippen LogP contribution is 2.15. The molecule has 0 aliphatic rings. The number of H-pyrrole nitrogens is 1. The molecule has 1 amide bonds. The van der Waals surface area contributed by atoms with Crippen molar-refractivity contribution in [3.8, 4) is 0 Å². The lowest BCUT2D eigenvalue weighted by Crippen LogP contribution is -2.26. The van der Waals surface area contributed by atoms with E-state index in [1.807, 2.05) is 31.2 Å². The van der Waals surface area contributed by atoms with Gasteiger partial charge in [-0.1, -0.05) is 12.1 Å². The van der Waals surface area contributed by atoms with Crippen molar-refractivity contribution in [2.45, 2.75) is 20.3 Å². The molecule has 4 heteroatoms. The summed E-state index contributed by atoms with van der Waals surface area (Å²) < 4.78 is 0.821. The quantitative estimate of drug-likeness (QED) is 0.891. The summed E-state index contributed by atoms with van der Waals surface area (Å²) >= 11 is 3.38. The number of benzene rings is 1. The van der Waals surface area contributed by atoms with Gasteiger partial charge in [-0.3, -0.25) is 4.79 Å². The molecule has 1 heterocycles. The lowest BCUT2D eigenvalue weighted by atomic mass is 10.1. The maximum atomic E-state index is 12.0. The van der Waals surface area contributed by atoms with Gasteiger partial charge in [-0.15, -0.1) is 0 Å². The van der Waals surface area contributed by atoms with Crippen LogP contribution in [0.15, 0.2) is 34.8 Å². The molecule has 0 spiro atoms. The summed E-state index contributed by atoms with van der Waals surface area (Å²) in [4.78, 5) is 15.3. The van der Waals surface area contributed by atoms with E-state index in [0.717, 1.165) is 16.6 Å². The Morgan fingerprint density at radius 3 is 2.68 bits per heavy atom. The van der Waals surface area contributed by atoms with E-state index in [2.05, 4.69) is 39.2 Å². The van der Waals surface area contributed by atoms with Gasteiger partial charge in [0.1, 0.15) is 0 Å². The zero-order valence-electron chi connectivity index (χ0n) is 11.1. The third-order valence-electron chi connectivity index (χ3n) is 3.06. The van der Waals surface area contributed by atoms with Crippen LogP contribution in [0.2, 0.25) is 0 Å². The predicted molar refractivity (Wildman–Crippen MR) is 80.4 cm³/mol. The van der Waals surface area contributed by atoms with Gasteiger partial charge in [0, 0.05) is 22.4 Å². The molecule has 1 aromatic carbocycles. The lowest BCUT2D eigenvalue weighted by molar-refractivity contribution is 0.0953. The Kier molecular flexibility index (Phi) is 4.43. The molecular formula is C15H17BrN2O. The van der Waals surface area contributed by atoms with Crippen LogP contribution in [0.3, 0.4) is 0 Å². The van der Waals surface area contributed by atoms with Crippen LogP contribution >= 0.6 is 15.9 Å². The molecule has 2 N–H and O–H groups in total. The second-order valence-electron chi connectivity index (χ2n) is 4.59. The molecule has 2 rings (SSSR count). The Labute approximate surface area is 121 Å². The van der Waals surface area contributed by atoms with Crippen molar-refractivity contribution in [3.63, 3.8) is 0 Å². The first-order chi connectivity index (χ1) is 9.08. The number of nitrogens with one attached hydrogen (secondary N) is 2. The van der Waals surface area contributed by atoms with Crippen LogP contribution in [-0.2, 0) is 6.42 Å². The van der Waals surface area contributed by atoms with Gasteiger partial charge in [0.15, 0.2) is 0 Å². The van der Waals surface area contributed by atoms with Crippen LogP contribution in [-0.4, -0.2) is 17.4 Å². The largest absolute Gasteiger partial charge is 0.362 e. The molecule has 0 fully saturated rings. The van der Waals surface area contributed by atoms with Gasteiger partial charge in [-0.05, 0) is 60.0 Å². The number of carbonyl (C=O) groups is 1. The van der Waals surface area contributed by atoms with Crippen molar-refractivity contribution < 1.29 is 4.79 Å². The van der Waals surface area contributed by atoms with Gasteiger partial charge in [0.25, 0.3) is 5.91 Å². The maximum absolute atomic E-state index is 12.0. The maximum Gasteiger partial charge on any atom is 0.252 e. The van der Waals surface area contributed by atoms with Crippen molar-refractivity contribution in [2.75, 3.05) is 6.54 Å². The molecule has 100 valence electrons. The Balaban J connectivity index is 1.91. The molecule has 3 nitrogen and oxygen atoms in total. The average molecular weight is 321 g/mol. The number of rotatable bonds is 4. The van der Waals surface area contributed by atoms with Gasteiger partial charge in [-0.25, -0.2) is 0 Å². The predicted octanol–water partition coefficient (Wildman–Crippen LogP) is 3.37. The zero-order chi connectivity index (χ0) is 13.8. The first-order valence-electron chi connectivity index (χ1n) is 6.25. The molecular weight excluding hydrogens is 304 g/mol. The van der Waals surface area contributed by atoms with Gasteiger partial charge in [0.2, 0.25) is 0 Å². The molecule has 0 saturated carbocycles. The van der Waals surface area contributed by atoms with E-state index in [0.29, 0.717) is 12.1 Å². The molecule has 0 atom stereocenters. The van der Waals surface area contributed by atoms with E-state index in [9.17, 15) is 4.79 Å². The van der Waals surface area contributed by atoms with Crippen molar-refractivity contribution in [1.82, 2.24) is 10.3 Å². The number of halogens is 1. The molecule has 0 aliphatic heterocycles. The summed E-state index contributed by atoms with van der Waals surface area (Å²) in [5.41, 5.74) is 4.26. The molecule has 0 bridgehead atoms. The standard InChI is InChI=1S/C15H17BrN2O/c1-10-9-12(11(2)18-10)7-8-17-15(19)13-5-3-4-6-14(13)16/h3-6,9,18H,7-8H2,1-2H3,(H,17,19). The molecule has 0 saturated heterocycles. The number of aromatic amines is 1. The van der Waals surface area contributed by atoms with E-state index in [4.69, 9.17) is 0 Å². The van der Waals surface area contributed by atoms with Crippen LogP contribution in [0, 0.1) is 13.8 Å². The first kappa shape index (κ1) is 13.9. The second kappa shape index (κ2) is 6.06. The van der Waals surface area contributed by atoms with Crippen LogP contribution < -0.4 is 5.32 Å². The lowest BCUT2D eigenvalue weighted by Gasteiger charge is -2.06. The molecule has 0 aliphatic carbocycles. The van der Waals surface area contributed by atoms with Gasteiger partial charge < -0.3 is 10.3 Å².